The van der Waals surface area contributed by atoms with Crippen LogP contribution in [0.3, 0.4) is 0 Å². The highest BCUT2D eigenvalue weighted by atomic mass is 16.3. The van der Waals surface area contributed by atoms with Gasteiger partial charge in [-0.05, 0) is 29.8 Å². The average Bonchev–Trinajstić information content (AvgIpc) is 3.43. The van der Waals surface area contributed by atoms with Crippen LogP contribution < -0.4 is 11.2 Å². The fraction of sp³-hybridized carbons (Fsp3) is 0.0526. The van der Waals surface area contributed by atoms with Crippen LogP contribution in [0.1, 0.15) is 5.56 Å². The molecule has 0 amide bonds. The molecule has 4 heterocycles. The molecule has 0 bridgehead atoms. The zero-order valence-electron chi connectivity index (χ0n) is 14.1. The number of hydrogen-bond donors (Lipinski definition) is 2. The molecule has 5 rings (SSSR count). The van der Waals surface area contributed by atoms with Crippen molar-refractivity contribution in [2.75, 3.05) is 11.2 Å². The molecule has 0 aliphatic carbocycles. The largest absolute Gasteiger partial charge is 0.444 e. The number of anilines is 1. The minimum absolute atomic E-state index is 0.0302. The number of benzene rings is 1. The number of rotatable bonds is 3. The first kappa shape index (κ1) is 15.3. The topological polar surface area (TPSA) is 107 Å². The molecule has 8 heteroatoms. The average molecular weight is 357 g/mol. The minimum atomic E-state index is 0.0302. The minimum Gasteiger partial charge on any atom is -0.444 e. The van der Waals surface area contributed by atoms with Crippen LogP contribution in [0.5, 0.6) is 0 Å². The van der Waals surface area contributed by atoms with Crippen LogP contribution in [0, 0.1) is 5.92 Å². The summed E-state index contributed by atoms with van der Waals surface area (Å²) < 4.78 is 5.32. The maximum atomic E-state index is 5.67. The summed E-state index contributed by atoms with van der Waals surface area (Å²) in [7, 11) is 0. The number of amidine groups is 1. The van der Waals surface area contributed by atoms with Crippen LogP contribution in [-0.2, 0) is 0 Å². The fourth-order valence-corrected chi connectivity index (χ4v) is 3.17. The Morgan fingerprint density at radius 3 is 2.70 bits per heavy atom. The van der Waals surface area contributed by atoms with E-state index >= 15 is 0 Å². The highest BCUT2D eigenvalue weighted by molar-refractivity contribution is 6.49. The van der Waals surface area contributed by atoms with E-state index in [9.17, 15) is 0 Å². The summed E-state index contributed by atoms with van der Waals surface area (Å²) in [5.74, 6) is 7.15. The molecule has 1 atom stereocenters. The zero-order chi connectivity index (χ0) is 18.2. The standard InChI is InChI=1S/C19H15N7O/c20-26-10-13(7-24-26)16-8-23-18-15(16)5-6-22-19(18)25-14-3-1-12(2-4-14)17-9-21-11-27-17/h1-11,15H,20H2,(H,22,25). The van der Waals surface area contributed by atoms with Crippen LogP contribution in [0.25, 0.3) is 16.9 Å². The Hall–Kier alpha value is -3.94. The van der Waals surface area contributed by atoms with E-state index in [0.29, 0.717) is 0 Å². The fourth-order valence-electron chi connectivity index (χ4n) is 3.17. The lowest BCUT2D eigenvalue weighted by Crippen LogP contribution is -2.29. The van der Waals surface area contributed by atoms with Crippen LogP contribution in [-0.4, -0.2) is 26.4 Å². The van der Waals surface area contributed by atoms with Gasteiger partial charge in [-0.3, -0.25) is 4.99 Å². The van der Waals surface area contributed by atoms with Crippen molar-refractivity contribution in [3.8, 4) is 11.3 Å². The van der Waals surface area contributed by atoms with E-state index in [1.165, 1.54) is 11.2 Å². The third-order valence-corrected chi connectivity index (χ3v) is 4.50. The van der Waals surface area contributed by atoms with Crippen molar-refractivity contribution in [1.29, 1.82) is 0 Å². The second-order valence-electron chi connectivity index (χ2n) is 6.17. The maximum Gasteiger partial charge on any atom is 0.181 e. The molecular formula is C19H15N7O. The number of nitrogens with two attached hydrogens (primary N) is 1. The van der Waals surface area contributed by atoms with E-state index in [2.05, 4.69) is 25.4 Å². The van der Waals surface area contributed by atoms with Gasteiger partial charge in [0.05, 0.1) is 30.2 Å². The second-order valence-corrected chi connectivity index (χ2v) is 6.17. The predicted molar refractivity (Wildman–Crippen MR) is 103 cm³/mol. The molecule has 0 fully saturated rings. The molecule has 0 spiro atoms. The van der Waals surface area contributed by atoms with E-state index in [1.807, 2.05) is 36.5 Å². The zero-order valence-corrected chi connectivity index (χ0v) is 14.1. The molecule has 1 unspecified atom stereocenters. The van der Waals surface area contributed by atoms with Gasteiger partial charge in [-0.15, -0.1) is 0 Å². The summed E-state index contributed by atoms with van der Waals surface area (Å²) >= 11 is 0. The lowest BCUT2D eigenvalue weighted by Gasteiger charge is -2.19. The van der Waals surface area contributed by atoms with E-state index < -0.39 is 0 Å². The SMILES string of the molecule is Nn1cc(C2=CN=C3C(Nc4ccc(-c5cnco5)cc4)=NC=CC23)cn1. The van der Waals surface area contributed by atoms with Gasteiger partial charge >= 0.3 is 0 Å². The van der Waals surface area contributed by atoms with Crippen molar-refractivity contribution in [3.05, 3.63) is 73.3 Å². The van der Waals surface area contributed by atoms with Gasteiger partial charge in [-0.2, -0.15) is 9.89 Å². The Morgan fingerprint density at radius 2 is 1.96 bits per heavy atom. The van der Waals surface area contributed by atoms with E-state index in [4.69, 9.17) is 10.3 Å². The molecule has 2 aliphatic heterocycles. The van der Waals surface area contributed by atoms with Gasteiger partial charge in [-0.1, -0.05) is 6.08 Å². The first-order chi connectivity index (χ1) is 13.3. The molecule has 2 aromatic heterocycles. The van der Waals surface area contributed by atoms with Crippen molar-refractivity contribution in [2.45, 2.75) is 0 Å². The Bertz CT molecular complexity index is 1100. The van der Waals surface area contributed by atoms with Crippen LogP contribution in [0.2, 0.25) is 0 Å². The Morgan fingerprint density at radius 1 is 1.07 bits per heavy atom. The van der Waals surface area contributed by atoms with Crippen molar-refractivity contribution in [2.24, 2.45) is 15.9 Å². The van der Waals surface area contributed by atoms with E-state index in [-0.39, 0.29) is 5.92 Å². The highest BCUT2D eigenvalue weighted by Crippen LogP contribution is 2.33. The first-order valence-electron chi connectivity index (χ1n) is 8.36. The number of nitrogens with one attached hydrogen (secondary N) is 1. The molecule has 27 heavy (non-hydrogen) atoms. The smallest absolute Gasteiger partial charge is 0.181 e. The van der Waals surface area contributed by atoms with E-state index in [1.54, 1.807) is 24.8 Å². The number of hydrogen-bond acceptors (Lipinski definition) is 7. The summed E-state index contributed by atoms with van der Waals surface area (Å²) in [6.07, 6.45) is 12.3. The molecule has 0 radical (unpaired) electrons. The van der Waals surface area contributed by atoms with Crippen LogP contribution in [0.4, 0.5) is 5.69 Å². The lowest BCUT2D eigenvalue weighted by atomic mass is 9.91. The number of nitrogen functional groups attached to an aromatic ring is 1. The number of nitrogens with zero attached hydrogens (tertiary/aromatic N) is 5. The van der Waals surface area contributed by atoms with Crippen molar-refractivity contribution < 1.29 is 4.42 Å². The van der Waals surface area contributed by atoms with Crippen molar-refractivity contribution >= 4 is 22.8 Å². The second kappa shape index (κ2) is 6.10. The normalized spacial score (nSPS) is 17.9. The summed E-state index contributed by atoms with van der Waals surface area (Å²) in [5.41, 5.74) is 4.74. The quantitative estimate of drug-likeness (QED) is 0.701. The first-order valence-corrected chi connectivity index (χ1v) is 8.36. The third-order valence-electron chi connectivity index (χ3n) is 4.50. The Kier molecular flexibility index (Phi) is 3.46. The molecule has 0 saturated heterocycles. The molecule has 2 aliphatic rings. The van der Waals surface area contributed by atoms with Crippen molar-refractivity contribution in [1.82, 2.24) is 14.9 Å². The number of allylic oxidation sites excluding steroid dienone is 2. The highest BCUT2D eigenvalue weighted by Gasteiger charge is 2.30. The molecule has 3 aromatic rings. The predicted octanol–water partition coefficient (Wildman–Crippen LogP) is 2.70. The molecule has 0 saturated carbocycles. The molecule has 3 N–H and O–H groups in total. The Labute approximate surface area is 154 Å². The number of aliphatic imine (C=N–C) groups is 2. The number of aromatic nitrogens is 3. The van der Waals surface area contributed by atoms with Gasteiger partial charge in [0.2, 0.25) is 0 Å². The van der Waals surface area contributed by atoms with Gasteiger partial charge in [0, 0.05) is 29.2 Å². The Balaban J connectivity index is 1.35. The summed E-state index contributed by atoms with van der Waals surface area (Å²) in [5, 5.41) is 7.38. The van der Waals surface area contributed by atoms with E-state index in [0.717, 1.165) is 39.7 Å². The lowest BCUT2D eigenvalue weighted by molar-refractivity contribution is 0.572. The summed E-state index contributed by atoms with van der Waals surface area (Å²) in [6.45, 7) is 0. The van der Waals surface area contributed by atoms with Gasteiger partial charge in [0.25, 0.3) is 0 Å². The molecule has 1 aromatic carbocycles. The maximum absolute atomic E-state index is 5.67. The third kappa shape index (κ3) is 2.73. The number of oxazole rings is 1. The number of fused-ring (bicyclic) bond motifs is 1. The molecule has 8 nitrogen and oxygen atoms in total. The molecular weight excluding hydrogens is 342 g/mol. The van der Waals surface area contributed by atoms with Crippen LogP contribution >= 0.6 is 0 Å². The summed E-state index contributed by atoms with van der Waals surface area (Å²) in [6, 6.07) is 7.87. The monoisotopic (exact) mass is 357 g/mol. The molecule has 132 valence electrons. The van der Waals surface area contributed by atoms with Gasteiger partial charge in [0.1, 0.15) is 0 Å². The van der Waals surface area contributed by atoms with Crippen LogP contribution in [0.15, 0.2) is 82.1 Å². The van der Waals surface area contributed by atoms with Gasteiger partial charge in [-0.25, -0.2) is 9.98 Å². The van der Waals surface area contributed by atoms with Gasteiger partial charge in [0.15, 0.2) is 18.0 Å². The summed E-state index contributed by atoms with van der Waals surface area (Å²) in [4.78, 5) is 14.3. The van der Waals surface area contributed by atoms with Gasteiger partial charge < -0.3 is 15.6 Å². The van der Waals surface area contributed by atoms with Crippen molar-refractivity contribution in [3.63, 3.8) is 0 Å².